The molecule has 1 unspecified atom stereocenters. The van der Waals surface area contributed by atoms with Crippen molar-refractivity contribution >= 4 is 35.0 Å². The number of aromatic nitrogens is 2. The fourth-order valence-electron chi connectivity index (χ4n) is 3.76. The number of nitrogens with one attached hydrogen (secondary N) is 1. The van der Waals surface area contributed by atoms with E-state index in [0.29, 0.717) is 29.5 Å². The lowest BCUT2D eigenvalue weighted by atomic mass is 10.1. The molecule has 172 valence electrons. The zero-order valence-corrected chi connectivity index (χ0v) is 18.6. The molecule has 3 heterocycles. The summed E-state index contributed by atoms with van der Waals surface area (Å²) >= 11 is 0.966. The Morgan fingerprint density at radius 2 is 2.03 bits per heavy atom. The number of piperazine rings is 1. The highest BCUT2D eigenvalue weighted by Crippen LogP contribution is 2.35. The molecule has 1 atom stereocenters. The first-order valence-corrected chi connectivity index (χ1v) is 11.0. The molecule has 11 heteroatoms. The van der Waals surface area contributed by atoms with Crippen LogP contribution >= 0.6 is 11.9 Å². The first-order valence-electron chi connectivity index (χ1n) is 10.1. The molecule has 1 saturated heterocycles. The van der Waals surface area contributed by atoms with E-state index in [-0.39, 0.29) is 18.2 Å². The summed E-state index contributed by atoms with van der Waals surface area (Å²) in [5.74, 6) is -1.98. The molecule has 1 amide bonds. The van der Waals surface area contributed by atoms with Gasteiger partial charge in [0.15, 0.2) is 11.6 Å². The number of ether oxygens (including phenoxy) is 1. The summed E-state index contributed by atoms with van der Waals surface area (Å²) in [5.41, 5.74) is 0.820. The van der Waals surface area contributed by atoms with Crippen LogP contribution in [0.15, 0.2) is 59.9 Å². The molecule has 4 rings (SSSR count). The first-order chi connectivity index (χ1) is 16.0. The molecule has 1 aromatic carbocycles. The minimum atomic E-state index is -1.10. The molecule has 0 radical (unpaired) electrons. The lowest BCUT2D eigenvalue weighted by molar-refractivity contribution is -0.117. The molecule has 3 N–H and O–H groups in total. The van der Waals surface area contributed by atoms with Gasteiger partial charge in [-0.25, -0.2) is 14.4 Å². The molecule has 3 aromatic rings. The average molecular weight is 473 g/mol. The molecule has 1 aliphatic rings. The fourth-order valence-corrected chi connectivity index (χ4v) is 4.08. The predicted octanol–water partition coefficient (Wildman–Crippen LogP) is 3.06. The van der Waals surface area contributed by atoms with Gasteiger partial charge in [-0.05, 0) is 48.3 Å². The Hall–Kier alpha value is -3.44. The van der Waals surface area contributed by atoms with Crippen LogP contribution in [0.3, 0.4) is 0 Å². The molecular weight excluding hydrogens is 450 g/mol. The zero-order valence-electron chi connectivity index (χ0n) is 17.7. The second-order valence-electron chi connectivity index (χ2n) is 7.25. The van der Waals surface area contributed by atoms with Crippen LogP contribution in [0.1, 0.15) is 0 Å². The molecular formula is C22H22F2N6O2S. The van der Waals surface area contributed by atoms with Gasteiger partial charge < -0.3 is 19.9 Å². The zero-order chi connectivity index (χ0) is 23.4. The standard InChI is InChI=1S/C22H22F2N6O2S/c1-32-21-16(6-5-15(23)20(21)24)30-11-10-29(18-4-2-3-8-26-18)13-17(30)22(31)28-14-7-9-27-19(12-14)33-25/h2-9,12,17H,10-11,13,25H2,1H3,(H,27,28,31). The number of carbonyl (C=O) groups is 1. The number of rotatable bonds is 6. The van der Waals surface area contributed by atoms with E-state index in [9.17, 15) is 13.6 Å². The van der Waals surface area contributed by atoms with E-state index in [1.807, 2.05) is 23.1 Å². The summed E-state index contributed by atoms with van der Waals surface area (Å²) < 4.78 is 33.4. The van der Waals surface area contributed by atoms with Crippen LogP contribution < -0.4 is 25.0 Å². The van der Waals surface area contributed by atoms with Crippen molar-refractivity contribution in [3.05, 3.63) is 66.5 Å². The van der Waals surface area contributed by atoms with Crippen LogP contribution in [-0.2, 0) is 4.79 Å². The van der Waals surface area contributed by atoms with Gasteiger partial charge in [-0.15, -0.1) is 0 Å². The van der Waals surface area contributed by atoms with Crippen molar-refractivity contribution < 1.29 is 18.3 Å². The Balaban J connectivity index is 1.68. The Bertz CT molecular complexity index is 1140. The Kier molecular flexibility index (Phi) is 6.90. The third-order valence-corrected chi connectivity index (χ3v) is 5.79. The number of amides is 1. The van der Waals surface area contributed by atoms with E-state index >= 15 is 0 Å². The van der Waals surface area contributed by atoms with Crippen molar-refractivity contribution in [2.45, 2.75) is 11.1 Å². The summed E-state index contributed by atoms with van der Waals surface area (Å²) in [5, 5.41) is 8.99. The molecule has 8 nitrogen and oxygen atoms in total. The highest BCUT2D eigenvalue weighted by atomic mass is 32.2. The highest BCUT2D eigenvalue weighted by molar-refractivity contribution is 7.97. The minimum Gasteiger partial charge on any atom is -0.491 e. The third-order valence-electron chi connectivity index (χ3n) is 5.32. The summed E-state index contributed by atoms with van der Waals surface area (Å²) in [6, 6.07) is 10.5. The molecule has 33 heavy (non-hydrogen) atoms. The van der Waals surface area contributed by atoms with Crippen LogP contribution in [0.25, 0.3) is 0 Å². The Morgan fingerprint density at radius 3 is 2.76 bits per heavy atom. The number of benzene rings is 1. The highest BCUT2D eigenvalue weighted by Gasteiger charge is 2.35. The minimum absolute atomic E-state index is 0.246. The number of hydrogen-bond acceptors (Lipinski definition) is 8. The molecule has 2 aromatic heterocycles. The van der Waals surface area contributed by atoms with Crippen LogP contribution in [0.5, 0.6) is 5.75 Å². The quantitative estimate of drug-likeness (QED) is 0.529. The fraction of sp³-hybridized carbons (Fsp3) is 0.227. The van der Waals surface area contributed by atoms with Crippen LogP contribution in [0, 0.1) is 11.6 Å². The van der Waals surface area contributed by atoms with Gasteiger partial charge >= 0.3 is 0 Å². The van der Waals surface area contributed by atoms with E-state index in [1.54, 1.807) is 29.4 Å². The van der Waals surface area contributed by atoms with Gasteiger partial charge in [-0.1, -0.05) is 6.07 Å². The maximum Gasteiger partial charge on any atom is 0.248 e. The summed E-state index contributed by atoms with van der Waals surface area (Å²) in [6.07, 6.45) is 3.22. The van der Waals surface area contributed by atoms with Crippen LogP contribution in [-0.4, -0.2) is 48.7 Å². The monoisotopic (exact) mass is 472 g/mol. The largest absolute Gasteiger partial charge is 0.491 e. The predicted molar refractivity (Wildman–Crippen MR) is 123 cm³/mol. The van der Waals surface area contributed by atoms with Gasteiger partial charge in [0.2, 0.25) is 11.7 Å². The van der Waals surface area contributed by atoms with E-state index in [1.165, 1.54) is 13.2 Å². The summed E-state index contributed by atoms with van der Waals surface area (Å²) in [7, 11) is 1.27. The van der Waals surface area contributed by atoms with Crippen molar-refractivity contribution in [3.63, 3.8) is 0 Å². The van der Waals surface area contributed by atoms with Gasteiger partial charge in [0.25, 0.3) is 0 Å². The average Bonchev–Trinajstić information content (AvgIpc) is 2.86. The van der Waals surface area contributed by atoms with Crippen molar-refractivity contribution in [3.8, 4) is 5.75 Å². The summed E-state index contributed by atoms with van der Waals surface area (Å²) in [6.45, 7) is 1.15. The van der Waals surface area contributed by atoms with E-state index in [0.717, 1.165) is 23.8 Å². The van der Waals surface area contributed by atoms with Gasteiger partial charge in [-0.2, -0.15) is 4.39 Å². The topological polar surface area (TPSA) is 96.6 Å². The number of nitrogens with two attached hydrogens (primary N) is 1. The van der Waals surface area contributed by atoms with Crippen molar-refractivity contribution in [2.75, 3.05) is 41.9 Å². The molecule has 0 bridgehead atoms. The molecule has 0 aliphatic carbocycles. The molecule has 1 fully saturated rings. The van der Waals surface area contributed by atoms with Crippen LogP contribution in [0.4, 0.5) is 26.0 Å². The SMILES string of the molecule is COc1c(N2CCN(c3ccccn3)CC2C(=O)Nc2ccnc(SN)c2)ccc(F)c1F. The second-order valence-corrected chi connectivity index (χ2v) is 7.90. The lowest BCUT2D eigenvalue weighted by Crippen LogP contribution is -2.58. The summed E-state index contributed by atoms with van der Waals surface area (Å²) in [4.78, 5) is 25.6. The number of carbonyl (C=O) groups excluding carboxylic acids is 1. The molecule has 1 aliphatic heterocycles. The van der Waals surface area contributed by atoms with Crippen molar-refractivity contribution in [2.24, 2.45) is 5.14 Å². The maximum atomic E-state index is 14.4. The smallest absolute Gasteiger partial charge is 0.248 e. The lowest BCUT2D eigenvalue weighted by Gasteiger charge is -2.42. The third kappa shape index (κ3) is 4.83. The normalized spacial score (nSPS) is 15.9. The number of nitrogens with zero attached hydrogens (tertiary/aromatic N) is 4. The number of halogens is 2. The van der Waals surface area contributed by atoms with Gasteiger partial charge in [0.05, 0.1) is 12.8 Å². The maximum absolute atomic E-state index is 14.4. The van der Waals surface area contributed by atoms with E-state index in [4.69, 9.17) is 9.88 Å². The van der Waals surface area contributed by atoms with E-state index < -0.39 is 17.7 Å². The number of pyridine rings is 2. The van der Waals surface area contributed by atoms with Gasteiger partial charge in [0, 0.05) is 37.7 Å². The van der Waals surface area contributed by atoms with Crippen molar-refractivity contribution in [1.82, 2.24) is 9.97 Å². The molecule has 0 saturated carbocycles. The first kappa shape index (κ1) is 22.7. The Morgan fingerprint density at radius 1 is 1.18 bits per heavy atom. The van der Waals surface area contributed by atoms with Gasteiger partial charge in [-0.3, -0.25) is 9.93 Å². The molecule has 0 spiro atoms. The number of anilines is 3. The Labute approximate surface area is 193 Å². The van der Waals surface area contributed by atoms with E-state index in [2.05, 4.69) is 15.3 Å². The van der Waals surface area contributed by atoms with Gasteiger partial charge in [0.1, 0.15) is 16.9 Å². The second kappa shape index (κ2) is 10.0. The van der Waals surface area contributed by atoms with Crippen molar-refractivity contribution in [1.29, 1.82) is 0 Å². The number of methoxy groups -OCH3 is 1. The van der Waals surface area contributed by atoms with Crippen LogP contribution in [0.2, 0.25) is 0 Å². The number of hydrogen-bond donors (Lipinski definition) is 2.